The quantitative estimate of drug-likeness (QED) is 0.467. The Morgan fingerprint density at radius 2 is 2.04 bits per heavy atom. The molecule has 1 aliphatic heterocycles. The molecule has 1 fully saturated rings. The van der Waals surface area contributed by atoms with Gasteiger partial charge in [0, 0.05) is 30.4 Å². The first-order chi connectivity index (χ1) is 13.4. The third-order valence-corrected chi connectivity index (χ3v) is 4.63. The van der Waals surface area contributed by atoms with Crippen molar-refractivity contribution < 1.29 is 19.2 Å². The number of amides is 1. The number of nitrogens with zero attached hydrogens (tertiary/aromatic N) is 2. The summed E-state index contributed by atoms with van der Waals surface area (Å²) >= 11 is 0. The lowest BCUT2D eigenvalue weighted by molar-refractivity contribution is -0.385. The van der Waals surface area contributed by atoms with E-state index < -0.39 is 22.8 Å². The Balaban J connectivity index is 1.69. The van der Waals surface area contributed by atoms with Gasteiger partial charge in [0.05, 0.1) is 11.3 Å². The SMILES string of the molecule is Cc1ccc(NC(=O)C[C@H]2C(=O)OCCN2Cc2ccccc2)cc1[N+](=O)[O-]. The van der Waals surface area contributed by atoms with Crippen molar-refractivity contribution >= 4 is 23.3 Å². The highest BCUT2D eigenvalue weighted by molar-refractivity contribution is 5.94. The van der Waals surface area contributed by atoms with Gasteiger partial charge in [0.25, 0.3) is 5.69 Å². The van der Waals surface area contributed by atoms with Crippen LogP contribution >= 0.6 is 0 Å². The Kier molecular flexibility index (Phi) is 6.00. The molecule has 3 rings (SSSR count). The van der Waals surface area contributed by atoms with Crippen LogP contribution in [0.5, 0.6) is 0 Å². The van der Waals surface area contributed by atoms with Crippen molar-refractivity contribution in [2.45, 2.75) is 25.9 Å². The molecule has 0 unspecified atom stereocenters. The van der Waals surface area contributed by atoms with Crippen LogP contribution in [0.3, 0.4) is 0 Å². The standard InChI is InChI=1S/C20H21N3O5/c1-14-7-8-16(11-17(14)23(26)27)21-19(24)12-18-20(25)28-10-9-22(18)13-15-5-3-2-4-6-15/h2-8,11,18H,9-10,12-13H2,1H3,(H,21,24)/t18-/m0/s1. The van der Waals surface area contributed by atoms with Crippen molar-refractivity contribution in [3.05, 3.63) is 69.8 Å². The minimum Gasteiger partial charge on any atom is -0.463 e. The van der Waals surface area contributed by atoms with Crippen LogP contribution < -0.4 is 5.32 Å². The van der Waals surface area contributed by atoms with Crippen LogP contribution in [-0.4, -0.2) is 40.9 Å². The number of benzene rings is 2. The fourth-order valence-electron chi connectivity index (χ4n) is 3.16. The van der Waals surface area contributed by atoms with Gasteiger partial charge in [0.15, 0.2) is 0 Å². The molecule has 2 aromatic rings. The van der Waals surface area contributed by atoms with E-state index in [1.54, 1.807) is 19.1 Å². The molecule has 1 aliphatic rings. The first-order valence-electron chi connectivity index (χ1n) is 8.93. The Labute approximate surface area is 162 Å². The Hall–Kier alpha value is -3.26. The van der Waals surface area contributed by atoms with Crippen LogP contribution in [0.1, 0.15) is 17.5 Å². The fourth-order valence-corrected chi connectivity index (χ4v) is 3.16. The number of nitro benzene ring substituents is 1. The molecular formula is C20H21N3O5. The summed E-state index contributed by atoms with van der Waals surface area (Å²) in [4.78, 5) is 37.2. The molecule has 0 saturated carbocycles. The zero-order chi connectivity index (χ0) is 20.1. The van der Waals surface area contributed by atoms with Crippen LogP contribution in [0.25, 0.3) is 0 Å². The zero-order valence-corrected chi connectivity index (χ0v) is 15.5. The summed E-state index contributed by atoms with van der Waals surface area (Å²) < 4.78 is 5.13. The number of morpholine rings is 1. The molecule has 8 nitrogen and oxygen atoms in total. The first-order valence-corrected chi connectivity index (χ1v) is 8.93. The number of carbonyl (C=O) groups excluding carboxylic acids is 2. The number of esters is 1. The summed E-state index contributed by atoms with van der Waals surface area (Å²) in [6.07, 6.45) is -0.0899. The van der Waals surface area contributed by atoms with Gasteiger partial charge in [0.2, 0.25) is 5.91 Å². The van der Waals surface area contributed by atoms with E-state index in [1.807, 2.05) is 35.2 Å². The zero-order valence-electron chi connectivity index (χ0n) is 15.5. The molecule has 0 aromatic heterocycles. The maximum atomic E-state index is 12.5. The number of hydrogen-bond acceptors (Lipinski definition) is 6. The van der Waals surface area contributed by atoms with E-state index in [9.17, 15) is 19.7 Å². The van der Waals surface area contributed by atoms with E-state index in [0.29, 0.717) is 24.3 Å². The van der Waals surface area contributed by atoms with Gasteiger partial charge in [-0.3, -0.25) is 24.6 Å². The molecule has 0 spiro atoms. The lowest BCUT2D eigenvalue weighted by Crippen LogP contribution is -2.49. The van der Waals surface area contributed by atoms with Gasteiger partial charge in [0.1, 0.15) is 12.6 Å². The summed E-state index contributed by atoms with van der Waals surface area (Å²) in [6.45, 7) is 2.98. The molecular weight excluding hydrogens is 362 g/mol. The predicted molar refractivity (Wildman–Crippen MR) is 103 cm³/mol. The van der Waals surface area contributed by atoms with Gasteiger partial charge in [-0.05, 0) is 18.6 Å². The van der Waals surface area contributed by atoms with E-state index in [2.05, 4.69) is 5.32 Å². The highest BCUT2D eigenvalue weighted by Crippen LogP contribution is 2.23. The summed E-state index contributed by atoms with van der Waals surface area (Å²) in [7, 11) is 0. The molecule has 0 bridgehead atoms. The average Bonchev–Trinajstić information content (AvgIpc) is 2.67. The number of nitrogens with one attached hydrogen (secondary N) is 1. The molecule has 146 valence electrons. The van der Waals surface area contributed by atoms with Gasteiger partial charge in [-0.15, -0.1) is 0 Å². The minimum atomic E-state index is -0.700. The van der Waals surface area contributed by atoms with Crippen LogP contribution in [0, 0.1) is 17.0 Å². The van der Waals surface area contributed by atoms with Crippen molar-refractivity contribution in [3.63, 3.8) is 0 Å². The maximum absolute atomic E-state index is 12.5. The lowest BCUT2D eigenvalue weighted by atomic mass is 10.1. The summed E-state index contributed by atoms with van der Waals surface area (Å²) in [6, 6.07) is 13.5. The van der Waals surface area contributed by atoms with Gasteiger partial charge in [-0.1, -0.05) is 36.4 Å². The number of aryl methyl sites for hydroxylation is 1. The fraction of sp³-hybridized carbons (Fsp3) is 0.300. The first kappa shape index (κ1) is 19.5. The van der Waals surface area contributed by atoms with E-state index in [4.69, 9.17) is 4.74 Å². The number of hydrogen-bond donors (Lipinski definition) is 1. The monoisotopic (exact) mass is 383 g/mol. The number of ether oxygens (including phenoxy) is 1. The number of carbonyl (C=O) groups is 2. The highest BCUT2D eigenvalue weighted by Gasteiger charge is 2.33. The third-order valence-electron chi connectivity index (χ3n) is 4.63. The number of anilines is 1. The molecule has 1 atom stereocenters. The van der Waals surface area contributed by atoms with Crippen molar-refractivity contribution in [3.8, 4) is 0 Å². The van der Waals surface area contributed by atoms with Crippen LogP contribution in [0.2, 0.25) is 0 Å². The van der Waals surface area contributed by atoms with Crippen molar-refractivity contribution in [1.82, 2.24) is 4.90 Å². The average molecular weight is 383 g/mol. The van der Waals surface area contributed by atoms with Crippen molar-refractivity contribution in [2.75, 3.05) is 18.5 Å². The smallest absolute Gasteiger partial charge is 0.323 e. The van der Waals surface area contributed by atoms with Crippen molar-refractivity contribution in [1.29, 1.82) is 0 Å². The molecule has 2 aromatic carbocycles. The summed E-state index contributed by atoms with van der Waals surface area (Å²) in [5, 5.41) is 13.7. The molecule has 1 saturated heterocycles. The van der Waals surface area contributed by atoms with Crippen LogP contribution in [-0.2, 0) is 20.9 Å². The van der Waals surface area contributed by atoms with E-state index >= 15 is 0 Å². The number of cyclic esters (lactones) is 1. The van der Waals surface area contributed by atoms with E-state index in [1.165, 1.54) is 6.07 Å². The summed E-state index contributed by atoms with van der Waals surface area (Å²) in [5.41, 5.74) is 1.80. The van der Waals surface area contributed by atoms with E-state index in [0.717, 1.165) is 5.56 Å². The Bertz CT molecular complexity index is 885. The van der Waals surface area contributed by atoms with Gasteiger partial charge >= 0.3 is 5.97 Å². The molecule has 1 heterocycles. The second kappa shape index (κ2) is 8.62. The molecule has 28 heavy (non-hydrogen) atoms. The molecule has 0 radical (unpaired) electrons. The topological polar surface area (TPSA) is 102 Å². The third kappa shape index (κ3) is 4.72. The second-order valence-corrected chi connectivity index (χ2v) is 6.65. The lowest BCUT2D eigenvalue weighted by Gasteiger charge is -2.33. The highest BCUT2D eigenvalue weighted by atomic mass is 16.6. The molecule has 1 amide bonds. The largest absolute Gasteiger partial charge is 0.463 e. The maximum Gasteiger partial charge on any atom is 0.323 e. The normalized spacial score (nSPS) is 17.0. The number of nitro groups is 1. The summed E-state index contributed by atoms with van der Waals surface area (Å²) in [5.74, 6) is -0.840. The van der Waals surface area contributed by atoms with Gasteiger partial charge < -0.3 is 10.1 Å². The van der Waals surface area contributed by atoms with Crippen molar-refractivity contribution in [2.24, 2.45) is 0 Å². The molecule has 1 N–H and O–H groups in total. The molecule has 8 heteroatoms. The minimum absolute atomic E-state index is 0.0689. The van der Waals surface area contributed by atoms with Gasteiger partial charge in [-0.2, -0.15) is 0 Å². The predicted octanol–water partition coefficient (Wildman–Crippen LogP) is 2.66. The molecule has 0 aliphatic carbocycles. The number of rotatable bonds is 6. The van der Waals surface area contributed by atoms with Crippen LogP contribution in [0.15, 0.2) is 48.5 Å². The second-order valence-electron chi connectivity index (χ2n) is 6.65. The van der Waals surface area contributed by atoms with E-state index in [-0.39, 0.29) is 18.7 Å². The Morgan fingerprint density at radius 3 is 2.75 bits per heavy atom. The van der Waals surface area contributed by atoms with Crippen LogP contribution in [0.4, 0.5) is 11.4 Å². The Morgan fingerprint density at radius 1 is 1.29 bits per heavy atom. The van der Waals surface area contributed by atoms with Gasteiger partial charge in [-0.25, -0.2) is 0 Å².